The number of hydrogen-bond acceptors (Lipinski definition) is 5. The van der Waals surface area contributed by atoms with Gasteiger partial charge in [-0.3, -0.25) is 0 Å². The van der Waals surface area contributed by atoms with Crippen LogP contribution in [0.1, 0.15) is 49.9 Å². The van der Waals surface area contributed by atoms with Crippen molar-refractivity contribution in [3.05, 3.63) is 47.2 Å². The van der Waals surface area contributed by atoms with Crippen LogP contribution in [0.15, 0.2) is 24.3 Å². The number of aromatic nitrogens is 2. The molecule has 156 valence electrons. The maximum atomic E-state index is 14.3. The quantitative estimate of drug-likeness (QED) is 0.812. The highest BCUT2D eigenvalue weighted by molar-refractivity contribution is 5.68. The number of aliphatic hydroxyl groups excluding tert-OH is 1. The second kappa shape index (κ2) is 8.82. The molecule has 0 fully saturated rings. The molecular weight excluding hydrogens is 380 g/mol. The summed E-state index contributed by atoms with van der Waals surface area (Å²) in [4.78, 5) is 13.7. The molecule has 6 nitrogen and oxygen atoms in total. The van der Waals surface area contributed by atoms with Gasteiger partial charge in [0.15, 0.2) is 0 Å². The highest BCUT2D eigenvalue weighted by Crippen LogP contribution is 2.43. The van der Waals surface area contributed by atoms with E-state index in [-0.39, 0.29) is 42.3 Å². The highest BCUT2D eigenvalue weighted by Gasteiger charge is 2.35. The van der Waals surface area contributed by atoms with Crippen molar-refractivity contribution in [1.82, 2.24) is 15.1 Å². The molecule has 1 heterocycles. The zero-order valence-electron chi connectivity index (χ0n) is 16.7. The molecule has 0 radical (unpaired) electrons. The van der Waals surface area contributed by atoms with E-state index in [0.29, 0.717) is 12.1 Å². The molecule has 1 N–H and O–H groups in total. The summed E-state index contributed by atoms with van der Waals surface area (Å²) in [6.07, 6.45) is 0.893. The Balaban J connectivity index is 2.03. The Kier molecular flexibility index (Phi) is 6.42. The monoisotopic (exact) mass is 405 g/mol. The Labute approximate surface area is 168 Å². The number of carbonyl (C=O) groups excluding carboxylic acids is 1. The van der Waals surface area contributed by atoms with E-state index in [0.717, 1.165) is 12.0 Å². The van der Waals surface area contributed by atoms with Crippen molar-refractivity contribution >= 4 is 6.09 Å². The fourth-order valence-corrected chi connectivity index (χ4v) is 3.90. The van der Waals surface area contributed by atoms with Crippen molar-refractivity contribution in [1.29, 1.82) is 0 Å². The summed E-state index contributed by atoms with van der Waals surface area (Å²) >= 11 is 0. The minimum Gasteiger partial charge on any atom is -0.447 e. The lowest BCUT2D eigenvalue weighted by atomic mass is 9.76. The van der Waals surface area contributed by atoms with E-state index in [1.165, 1.54) is 23.1 Å². The highest BCUT2D eigenvalue weighted by atomic mass is 19.1. The molecule has 0 saturated heterocycles. The molecule has 1 aliphatic carbocycles. The number of rotatable bonds is 5. The number of benzene rings is 1. The minimum absolute atomic E-state index is 0.0887. The lowest BCUT2D eigenvalue weighted by Gasteiger charge is -2.36. The molecule has 0 bridgehead atoms. The van der Waals surface area contributed by atoms with Gasteiger partial charge in [-0.05, 0) is 48.4 Å². The molecule has 1 amide bonds. The number of ether oxygens (including phenoxy) is 1. The van der Waals surface area contributed by atoms with Crippen molar-refractivity contribution in [2.45, 2.75) is 38.6 Å². The molecule has 8 heteroatoms. The van der Waals surface area contributed by atoms with Gasteiger partial charge >= 0.3 is 6.09 Å². The van der Waals surface area contributed by atoms with Crippen molar-refractivity contribution in [2.24, 2.45) is 5.92 Å². The smallest absolute Gasteiger partial charge is 0.410 e. The fraction of sp³-hybridized carbons (Fsp3) is 0.476. The van der Waals surface area contributed by atoms with Gasteiger partial charge in [0, 0.05) is 7.05 Å². The van der Waals surface area contributed by atoms with Crippen molar-refractivity contribution in [3.63, 3.8) is 0 Å². The molecular formula is C21H25F2N3O3. The van der Waals surface area contributed by atoms with Crippen molar-refractivity contribution in [3.8, 4) is 11.3 Å². The first-order chi connectivity index (χ1) is 13.8. The average Bonchev–Trinajstić information content (AvgIpc) is 2.70. The van der Waals surface area contributed by atoms with Gasteiger partial charge in [0.05, 0.1) is 29.6 Å². The van der Waals surface area contributed by atoms with Gasteiger partial charge in [-0.15, -0.1) is 5.10 Å². The molecule has 0 saturated carbocycles. The van der Waals surface area contributed by atoms with E-state index >= 15 is 0 Å². The second-order valence-corrected chi connectivity index (χ2v) is 7.56. The van der Waals surface area contributed by atoms with Crippen LogP contribution in [0, 0.1) is 17.6 Å². The van der Waals surface area contributed by atoms with Crippen LogP contribution in [0.2, 0.25) is 0 Å². The number of amides is 1. The summed E-state index contributed by atoms with van der Waals surface area (Å²) in [6.45, 7) is 3.82. The third-order valence-electron chi connectivity index (χ3n) is 5.42. The third kappa shape index (κ3) is 4.22. The molecule has 29 heavy (non-hydrogen) atoms. The minimum atomic E-state index is -0.697. The van der Waals surface area contributed by atoms with Crippen LogP contribution in [0.3, 0.4) is 0 Å². The van der Waals surface area contributed by atoms with Crippen LogP contribution in [0.25, 0.3) is 11.3 Å². The number of carbonyl (C=O) groups is 1. The Hall–Kier alpha value is -2.61. The Morgan fingerprint density at radius 2 is 1.97 bits per heavy atom. The van der Waals surface area contributed by atoms with Gasteiger partial charge in [-0.1, -0.05) is 19.9 Å². The number of hydrogen-bond donors (Lipinski definition) is 1. The average molecular weight is 405 g/mol. The fourth-order valence-electron chi connectivity index (χ4n) is 3.90. The van der Waals surface area contributed by atoms with Crippen LogP contribution in [-0.4, -0.2) is 46.6 Å². The number of fused-ring (bicyclic) bond motifs is 1. The molecule has 2 atom stereocenters. The summed E-state index contributed by atoms with van der Waals surface area (Å²) in [5, 5.41) is 17.2. The van der Waals surface area contributed by atoms with Crippen LogP contribution in [0.5, 0.6) is 0 Å². The van der Waals surface area contributed by atoms with Crippen molar-refractivity contribution < 1.29 is 23.4 Å². The van der Waals surface area contributed by atoms with E-state index in [4.69, 9.17) is 9.84 Å². The molecule has 2 unspecified atom stereocenters. The van der Waals surface area contributed by atoms with Crippen LogP contribution in [0.4, 0.5) is 13.6 Å². The summed E-state index contributed by atoms with van der Waals surface area (Å²) in [5.74, 6) is -0.981. The topological polar surface area (TPSA) is 75.6 Å². The van der Waals surface area contributed by atoms with Gasteiger partial charge in [-0.2, -0.15) is 5.10 Å². The van der Waals surface area contributed by atoms with Gasteiger partial charge in [-0.25, -0.2) is 13.6 Å². The Bertz CT molecular complexity index is 871. The molecule has 2 aromatic rings. The first-order valence-electron chi connectivity index (χ1n) is 9.67. The second-order valence-electron chi connectivity index (χ2n) is 7.56. The molecule has 0 spiro atoms. The standard InChI is InChI=1S/C21H25F2N3O3/c1-12(2)13-7-8-18(26(3)21(28)29-10-9-27)20-14(13)11-17(24-25-20)19-15(22)5-4-6-16(19)23/h4-6,11-13,18,27H,7-10H2,1-3H3. The summed E-state index contributed by atoms with van der Waals surface area (Å²) in [6, 6.07) is 5.01. The van der Waals surface area contributed by atoms with Gasteiger partial charge in [0.2, 0.25) is 0 Å². The Morgan fingerprint density at radius 1 is 1.28 bits per heavy atom. The van der Waals surface area contributed by atoms with Crippen molar-refractivity contribution in [2.75, 3.05) is 20.3 Å². The summed E-state index contributed by atoms with van der Waals surface area (Å²) in [7, 11) is 1.61. The van der Waals surface area contributed by atoms with Gasteiger partial charge in [0.25, 0.3) is 0 Å². The van der Waals surface area contributed by atoms with Gasteiger partial charge < -0.3 is 14.7 Å². The van der Waals surface area contributed by atoms with E-state index in [1.54, 1.807) is 13.1 Å². The number of halogens is 2. The molecule has 3 rings (SSSR count). The zero-order chi connectivity index (χ0) is 21.1. The normalized spacial score (nSPS) is 18.4. The lowest BCUT2D eigenvalue weighted by Crippen LogP contribution is -2.36. The number of aliphatic hydroxyl groups is 1. The first kappa shape index (κ1) is 21.1. The van der Waals surface area contributed by atoms with E-state index in [1.807, 2.05) is 0 Å². The van der Waals surface area contributed by atoms with E-state index < -0.39 is 17.7 Å². The SMILES string of the molecule is CC(C)C1CCC(N(C)C(=O)OCCO)c2nnc(-c3c(F)cccc3F)cc21. The lowest BCUT2D eigenvalue weighted by molar-refractivity contribution is 0.0751. The number of nitrogens with zero attached hydrogens (tertiary/aromatic N) is 3. The largest absolute Gasteiger partial charge is 0.447 e. The maximum Gasteiger partial charge on any atom is 0.410 e. The summed E-state index contributed by atoms with van der Waals surface area (Å²) < 4.78 is 33.5. The third-order valence-corrected chi connectivity index (χ3v) is 5.42. The molecule has 1 aliphatic rings. The van der Waals surface area contributed by atoms with Crippen LogP contribution in [-0.2, 0) is 4.74 Å². The first-order valence-corrected chi connectivity index (χ1v) is 9.67. The Morgan fingerprint density at radius 3 is 2.59 bits per heavy atom. The molecule has 1 aromatic carbocycles. The predicted molar refractivity (Wildman–Crippen MR) is 103 cm³/mol. The van der Waals surface area contributed by atoms with E-state index in [2.05, 4.69) is 24.0 Å². The predicted octanol–water partition coefficient (Wildman–Crippen LogP) is 4.06. The zero-order valence-corrected chi connectivity index (χ0v) is 16.7. The van der Waals surface area contributed by atoms with Gasteiger partial charge in [0.1, 0.15) is 18.2 Å². The van der Waals surface area contributed by atoms with E-state index in [9.17, 15) is 13.6 Å². The van der Waals surface area contributed by atoms with Crippen LogP contribution < -0.4 is 0 Å². The van der Waals surface area contributed by atoms with Crippen LogP contribution >= 0.6 is 0 Å². The maximum absolute atomic E-state index is 14.3. The molecule has 0 aliphatic heterocycles. The summed E-state index contributed by atoms with van der Waals surface area (Å²) in [5.41, 5.74) is 1.38. The molecule has 1 aromatic heterocycles.